The molecule has 3 rings (SSSR count). The molecule has 0 atom stereocenters. The third-order valence-electron chi connectivity index (χ3n) is 3.33. The van der Waals surface area contributed by atoms with Crippen LogP contribution in [0.2, 0.25) is 0 Å². The van der Waals surface area contributed by atoms with Gasteiger partial charge in [-0.2, -0.15) is 5.10 Å². The van der Waals surface area contributed by atoms with Crippen molar-refractivity contribution in [3.8, 4) is 0 Å². The van der Waals surface area contributed by atoms with Crippen molar-refractivity contribution in [3.05, 3.63) is 22.4 Å². The topological polar surface area (TPSA) is 75.6 Å². The first-order valence-electron chi connectivity index (χ1n) is 5.88. The van der Waals surface area contributed by atoms with E-state index in [0.717, 1.165) is 37.3 Å². The summed E-state index contributed by atoms with van der Waals surface area (Å²) in [6, 6.07) is 0. The van der Waals surface area contributed by atoms with E-state index in [4.69, 9.17) is 0 Å². The molecule has 2 aromatic heterocycles. The molecule has 17 heavy (non-hydrogen) atoms. The van der Waals surface area contributed by atoms with Crippen LogP contribution in [0, 0.1) is 0 Å². The van der Waals surface area contributed by atoms with Crippen LogP contribution >= 0.6 is 0 Å². The van der Waals surface area contributed by atoms with E-state index in [1.54, 1.807) is 13.2 Å². The Balaban J connectivity index is 2.07. The van der Waals surface area contributed by atoms with Crippen LogP contribution in [0.5, 0.6) is 0 Å². The van der Waals surface area contributed by atoms with Crippen molar-refractivity contribution in [2.24, 2.45) is 7.05 Å². The van der Waals surface area contributed by atoms with Gasteiger partial charge in [-0.05, 0) is 25.9 Å². The molecule has 0 aliphatic carbocycles. The standard InChI is InChI=1S/C11H15N5O/c1-16-11(17)9-8(6-13-16)14-10(15-9)7-2-4-12-5-3-7/h6-7,12H,2-5H2,1H3,(H,14,15). The molecule has 2 aromatic rings. The molecule has 90 valence electrons. The van der Waals surface area contributed by atoms with Gasteiger partial charge < -0.3 is 10.3 Å². The lowest BCUT2D eigenvalue weighted by Gasteiger charge is -2.20. The zero-order chi connectivity index (χ0) is 11.8. The van der Waals surface area contributed by atoms with Gasteiger partial charge in [-0.25, -0.2) is 9.67 Å². The van der Waals surface area contributed by atoms with E-state index in [0.29, 0.717) is 11.4 Å². The van der Waals surface area contributed by atoms with Crippen LogP contribution < -0.4 is 10.9 Å². The minimum Gasteiger partial charge on any atom is -0.340 e. The number of imidazole rings is 1. The Morgan fingerprint density at radius 1 is 1.41 bits per heavy atom. The average molecular weight is 233 g/mol. The maximum atomic E-state index is 11.8. The summed E-state index contributed by atoms with van der Waals surface area (Å²) < 4.78 is 1.31. The molecule has 6 heteroatoms. The third kappa shape index (κ3) is 1.74. The number of hydrogen-bond donors (Lipinski definition) is 2. The van der Waals surface area contributed by atoms with E-state index in [2.05, 4.69) is 20.4 Å². The predicted molar refractivity (Wildman–Crippen MR) is 64.0 cm³/mol. The van der Waals surface area contributed by atoms with Crippen LogP contribution in [0.4, 0.5) is 0 Å². The Labute approximate surface area is 98.1 Å². The zero-order valence-electron chi connectivity index (χ0n) is 9.73. The highest BCUT2D eigenvalue weighted by atomic mass is 16.1. The molecule has 1 aliphatic rings. The first kappa shape index (κ1) is 10.5. The summed E-state index contributed by atoms with van der Waals surface area (Å²) in [6.45, 7) is 2.02. The van der Waals surface area contributed by atoms with Crippen LogP contribution in [0.25, 0.3) is 11.0 Å². The fraction of sp³-hybridized carbons (Fsp3) is 0.545. The number of fused-ring (bicyclic) bond motifs is 1. The summed E-state index contributed by atoms with van der Waals surface area (Å²) in [7, 11) is 1.64. The second-order valence-corrected chi connectivity index (χ2v) is 4.48. The Hall–Kier alpha value is -1.69. The molecule has 0 spiro atoms. The van der Waals surface area contributed by atoms with Gasteiger partial charge in [0.25, 0.3) is 5.56 Å². The minimum atomic E-state index is -0.140. The smallest absolute Gasteiger partial charge is 0.294 e. The molecule has 1 aliphatic heterocycles. The Kier molecular flexibility index (Phi) is 2.44. The van der Waals surface area contributed by atoms with Gasteiger partial charge in [-0.15, -0.1) is 0 Å². The average Bonchev–Trinajstić information content (AvgIpc) is 2.80. The molecule has 3 heterocycles. The van der Waals surface area contributed by atoms with Crippen molar-refractivity contribution in [3.63, 3.8) is 0 Å². The largest absolute Gasteiger partial charge is 0.340 e. The van der Waals surface area contributed by atoms with Crippen molar-refractivity contribution in [2.75, 3.05) is 13.1 Å². The van der Waals surface area contributed by atoms with E-state index in [-0.39, 0.29) is 5.56 Å². The third-order valence-corrected chi connectivity index (χ3v) is 3.33. The second kappa shape index (κ2) is 3.96. The monoisotopic (exact) mass is 233 g/mol. The van der Waals surface area contributed by atoms with Crippen molar-refractivity contribution < 1.29 is 0 Å². The van der Waals surface area contributed by atoms with Crippen LogP contribution in [-0.2, 0) is 7.05 Å². The number of piperidine rings is 1. The lowest BCUT2D eigenvalue weighted by Crippen LogP contribution is -2.27. The number of nitrogens with zero attached hydrogens (tertiary/aromatic N) is 3. The summed E-state index contributed by atoms with van der Waals surface area (Å²) in [6.07, 6.45) is 3.79. The molecule has 0 saturated carbocycles. The summed E-state index contributed by atoms with van der Waals surface area (Å²) >= 11 is 0. The number of aromatic amines is 1. The van der Waals surface area contributed by atoms with Gasteiger partial charge in [0, 0.05) is 13.0 Å². The van der Waals surface area contributed by atoms with Gasteiger partial charge in [0.2, 0.25) is 0 Å². The van der Waals surface area contributed by atoms with Crippen molar-refractivity contribution in [1.82, 2.24) is 25.1 Å². The molecular formula is C11H15N5O. The molecule has 1 saturated heterocycles. The summed E-state index contributed by atoms with van der Waals surface area (Å²) in [5, 5.41) is 7.30. The molecule has 0 amide bonds. The van der Waals surface area contributed by atoms with Crippen LogP contribution in [-0.4, -0.2) is 32.8 Å². The maximum absolute atomic E-state index is 11.8. The fourth-order valence-corrected chi connectivity index (χ4v) is 2.30. The summed E-state index contributed by atoms with van der Waals surface area (Å²) in [5.41, 5.74) is 1.09. The highest BCUT2D eigenvalue weighted by Crippen LogP contribution is 2.23. The summed E-state index contributed by atoms with van der Waals surface area (Å²) in [4.78, 5) is 19.5. The van der Waals surface area contributed by atoms with E-state index in [9.17, 15) is 4.79 Å². The first-order chi connectivity index (χ1) is 8.25. The molecule has 1 fully saturated rings. The molecule has 0 radical (unpaired) electrons. The van der Waals surface area contributed by atoms with Gasteiger partial charge in [-0.1, -0.05) is 0 Å². The molecule has 0 aromatic carbocycles. The van der Waals surface area contributed by atoms with Crippen LogP contribution in [0.3, 0.4) is 0 Å². The SMILES string of the molecule is Cn1ncc2[nH]c(C3CCNCC3)nc2c1=O. The van der Waals surface area contributed by atoms with Crippen molar-refractivity contribution in [1.29, 1.82) is 0 Å². The van der Waals surface area contributed by atoms with E-state index in [1.165, 1.54) is 4.68 Å². The Bertz CT molecular complexity index is 593. The van der Waals surface area contributed by atoms with E-state index in [1.807, 2.05) is 0 Å². The highest BCUT2D eigenvalue weighted by molar-refractivity contribution is 5.72. The number of H-pyrrole nitrogens is 1. The highest BCUT2D eigenvalue weighted by Gasteiger charge is 2.19. The quantitative estimate of drug-likeness (QED) is 0.733. The number of hydrogen-bond acceptors (Lipinski definition) is 4. The predicted octanol–water partition coefficient (Wildman–Crippen LogP) is 0.124. The minimum absolute atomic E-state index is 0.140. The molecule has 6 nitrogen and oxygen atoms in total. The number of nitrogens with one attached hydrogen (secondary N) is 2. The lowest BCUT2D eigenvalue weighted by atomic mass is 9.98. The van der Waals surface area contributed by atoms with E-state index < -0.39 is 0 Å². The van der Waals surface area contributed by atoms with Crippen LogP contribution in [0.15, 0.2) is 11.0 Å². The van der Waals surface area contributed by atoms with Gasteiger partial charge >= 0.3 is 0 Å². The molecular weight excluding hydrogens is 218 g/mol. The molecule has 0 unspecified atom stereocenters. The first-order valence-corrected chi connectivity index (χ1v) is 5.88. The van der Waals surface area contributed by atoms with Crippen molar-refractivity contribution in [2.45, 2.75) is 18.8 Å². The van der Waals surface area contributed by atoms with Gasteiger partial charge in [0.15, 0.2) is 5.52 Å². The second-order valence-electron chi connectivity index (χ2n) is 4.48. The molecule has 0 bridgehead atoms. The fourth-order valence-electron chi connectivity index (χ4n) is 2.30. The van der Waals surface area contributed by atoms with Crippen LogP contribution in [0.1, 0.15) is 24.6 Å². The van der Waals surface area contributed by atoms with Crippen molar-refractivity contribution >= 4 is 11.0 Å². The van der Waals surface area contributed by atoms with Gasteiger partial charge in [0.1, 0.15) is 5.82 Å². The van der Waals surface area contributed by atoms with Gasteiger partial charge in [-0.3, -0.25) is 4.79 Å². The Morgan fingerprint density at radius 3 is 2.94 bits per heavy atom. The number of aromatic nitrogens is 4. The number of rotatable bonds is 1. The zero-order valence-corrected chi connectivity index (χ0v) is 9.73. The Morgan fingerprint density at radius 2 is 2.18 bits per heavy atom. The molecule has 2 N–H and O–H groups in total. The number of aryl methyl sites for hydroxylation is 1. The van der Waals surface area contributed by atoms with E-state index >= 15 is 0 Å². The lowest BCUT2D eigenvalue weighted by molar-refractivity contribution is 0.448. The normalized spacial score (nSPS) is 17.7. The van der Waals surface area contributed by atoms with Gasteiger partial charge in [0.05, 0.1) is 11.7 Å². The maximum Gasteiger partial charge on any atom is 0.294 e. The summed E-state index contributed by atoms with van der Waals surface area (Å²) in [5.74, 6) is 1.35.